The SMILES string of the molecule is CCOc1ccc(OCCOC(=O)/C=C/c2ccc(C(=O)OC)cc2)cc1. The Morgan fingerprint density at radius 2 is 1.52 bits per heavy atom. The number of carbonyl (C=O) groups excluding carboxylic acids is 2. The Morgan fingerprint density at radius 3 is 2.11 bits per heavy atom. The lowest BCUT2D eigenvalue weighted by Gasteiger charge is -2.07. The number of carbonyl (C=O) groups is 2. The number of rotatable bonds is 9. The average molecular weight is 370 g/mol. The van der Waals surface area contributed by atoms with E-state index >= 15 is 0 Å². The molecule has 0 heterocycles. The minimum atomic E-state index is -0.470. The van der Waals surface area contributed by atoms with Crippen LogP contribution < -0.4 is 9.47 Å². The highest BCUT2D eigenvalue weighted by atomic mass is 16.6. The first-order valence-corrected chi connectivity index (χ1v) is 8.51. The van der Waals surface area contributed by atoms with Crippen LogP contribution in [0, 0.1) is 0 Å². The van der Waals surface area contributed by atoms with E-state index in [0.29, 0.717) is 17.9 Å². The van der Waals surface area contributed by atoms with Gasteiger partial charge in [-0.3, -0.25) is 0 Å². The van der Waals surface area contributed by atoms with E-state index in [4.69, 9.17) is 14.2 Å². The molecule has 0 aliphatic heterocycles. The summed E-state index contributed by atoms with van der Waals surface area (Å²) < 4.78 is 20.6. The van der Waals surface area contributed by atoms with Crippen molar-refractivity contribution < 1.29 is 28.5 Å². The first-order chi connectivity index (χ1) is 13.1. The molecule has 0 saturated heterocycles. The number of benzene rings is 2. The summed E-state index contributed by atoms with van der Waals surface area (Å²) in [6.45, 7) is 2.92. The summed E-state index contributed by atoms with van der Waals surface area (Å²) in [6, 6.07) is 13.9. The third-order valence-corrected chi connectivity index (χ3v) is 3.47. The minimum Gasteiger partial charge on any atom is -0.494 e. The van der Waals surface area contributed by atoms with Crippen molar-refractivity contribution in [2.24, 2.45) is 0 Å². The number of hydrogen-bond acceptors (Lipinski definition) is 6. The fourth-order valence-corrected chi connectivity index (χ4v) is 2.16. The van der Waals surface area contributed by atoms with Crippen LogP contribution in [0.5, 0.6) is 11.5 Å². The monoisotopic (exact) mass is 370 g/mol. The number of ether oxygens (including phenoxy) is 4. The molecule has 2 aromatic rings. The smallest absolute Gasteiger partial charge is 0.337 e. The first-order valence-electron chi connectivity index (χ1n) is 8.51. The number of methoxy groups -OCH3 is 1. The Balaban J connectivity index is 1.71. The van der Waals surface area contributed by atoms with Gasteiger partial charge in [0.2, 0.25) is 0 Å². The van der Waals surface area contributed by atoms with Crippen LogP contribution in [0.2, 0.25) is 0 Å². The third kappa shape index (κ3) is 6.86. The van der Waals surface area contributed by atoms with E-state index in [1.807, 2.05) is 19.1 Å². The van der Waals surface area contributed by atoms with E-state index in [-0.39, 0.29) is 13.2 Å². The number of hydrogen-bond donors (Lipinski definition) is 0. The van der Waals surface area contributed by atoms with Crippen molar-refractivity contribution >= 4 is 18.0 Å². The van der Waals surface area contributed by atoms with Gasteiger partial charge in [-0.05, 0) is 55.0 Å². The first kappa shape index (κ1) is 20.0. The Bertz CT molecular complexity index is 762. The minimum absolute atomic E-state index is 0.137. The zero-order chi connectivity index (χ0) is 19.5. The molecular weight excluding hydrogens is 348 g/mol. The molecule has 0 radical (unpaired) electrons. The van der Waals surface area contributed by atoms with E-state index in [0.717, 1.165) is 11.3 Å². The molecule has 0 saturated carbocycles. The van der Waals surface area contributed by atoms with Gasteiger partial charge < -0.3 is 18.9 Å². The summed E-state index contributed by atoms with van der Waals surface area (Å²) >= 11 is 0. The van der Waals surface area contributed by atoms with E-state index in [2.05, 4.69) is 4.74 Å². The van der Waals surface area contributed by atoms with Crippen molar-refractivity contribution in [1.82, 2.24) is 0 Å². The van der Waals surface area contributed by atoms with Gasteiger partial charge in [-0.1, -0.05) is 12.1 Å². The van der Waals surface area contributed by atoms with Crippen LogP contribution in [0.15, 0.2) is 54.6 Å². The molecule has 0 amide bonds. The summed E-state index contributed by atoms with van der Waals surface area (Å²) in [5, 5.41) is 0. The van der Waals surface area contributed by atoms with Crippen molar-refractivity contribution in [2.75, 3.05) is 26.9 Å². The molecule has 6 heteroatoms. The maximum Gasteiger partial charge on any atom is 0.337 e. The molecule has 0 aliphatic carbocycles. The number of esters is 2. The summed E-state index contributed by atoms with van der Waals surface area (Å²) in [6.07, 6.45) is 2.93. The van der Waals surface area contributed by atoms with Gasteiger partial charge in [0, 0.05) is 6.08 Å². The second-order valence-corrected chi connectivity index (χ2v) is 5.37. The molecule has 27 heavy (non-hydrogen) atoms. The van der Waals surface area contributed by atoms with E-state index in [9.17, 15) is 9.59 Å². The second-order valence-electron chi connectivity index (χ2n) is 5.37. The van der Waals surface area contributed by atoms with E-state index in [1.165, 1.54) is 13.2 Å². The largest absolute Gasteiger partial charge is 0.494 e. The normalized spacial score (nSPS) is 10.4. The molecule has 0 N–H and O–H groups in total. The fourth-order valence-electron chi connectivity index (χ4n) is 2.16. The predicted molar refractivity (Wildman–Crippen MR) is 101 cm³/mol. The van der Waals surface area contributed by atoms with E-state index in [1.54, 1.807) is 42.5 Å². The molecule has 0 fully saturated rings. The highest BCUT2D eigenvalue weighted by molar-refractivity contribution is 5.90. The zero-order valence-corrected chi connectivity index (χ0v) is 15.3. The standard InChI is InChI=1S/C21H22O6/c1-3-25-18-9-11-19(12-10-18)26-14-15-27-20(22)13-6-16-4-7-17(8-5-16)21(23)24-2/h4-13H,3,14-15H2,1-2H3/b13-6+. The van der Waals surface area contributed by atoms with Crippen LogP contribution in [0.3, 0.4) is 0 Å². The van der Waals surface area contributed by atoms with Crippen molar-refractivity contribution in [2.45, 2.75) is 6.92 Å². The molecule has 0 bridgehead atoms. The summed E-state index contributed by atoms with van der Waals surface area (Å²) in [5.41, 5.74) is 1.22. The molecule has 0 atom stereocenters. The van der Waals surface area contributed by atoms with Gasteiger partial charge >= 0.3 is 11.9 Å². The van der Waals surface area contributed by atoms with Crippen LogP contribution in [-0.2, 0) is 14.3 Å². The van der Waals surface area contributed by atoms with Crippen molar-refractivity contribution in [3.8, 4) is 11.5 Å². The Hall–Kier alpha value is -3.28. The Morgan fingerprint density at radius 1 is 0.889 bits per heavy atom. The molecule has 0 aliphatic rings. The van der Waals surface area contributed by atoms with Gasteiger partial charge in [0.1, 0.15) is 24.7 Å². The maximum atomic E-state index is 11.7. The zero-order valence-electron chi connectivity index (χ0n) is 15.3. The van der Waals surface area contributed by atoms with Crippen molar-refractivity contribution in [3.05, 3.63) is 65.7 Å². The summed E-state index contributed by atoms with van der Waals surface area (Å²) in [7, 11) is 1.33. The van der Waals surface area contributed by atoms with Crippen LogP contribution in [-0.4, -0.2) is 38.9 Å². The molecule has 0 spiro atoms. The van der Waals surface area contributed by atoms with Crippen LogP contribution in [0.4, 0.5) is 0 Å². The quantitative estimate of drug-likeness (QED) is 0.382. The van der Waals surface area contributed by atoms with Crippen LogP contribution >= 0.6 is 0 Å². The average Bonchev–Trinajstić information content (AvgIpc) is 2.71. The highest BCUT2D eigenvalue weighted by Crippen LogP contribution is 2.17. The molecule has 2 aromatic carbocycles. The molecular formula is C21H22O6. The second kappa shape index (κ2) is 10.7. The summed E-state index contributed by atoms with van der Waals surface area (Å²) in [4.78, 5) is 23.1. The fraction of sp³-hybridized carbons (Fsp3) is 0.238. The van der Waals surface area contributed by atoms with Gasteiger partial charge in [-0.25, -0.2) is 9.59 Å². The van der Waals surface area contributed by atoms with E-state index < -0.39 is 11.9 Å². The molecule has 142 valence electrons. The Kier molecular flexibility index (Phi) is 7.91. The molecule has 0 aromatic heterocycles. The molecule has 0 unspecified atom stereocenters. The van der Waals surface area contributed by atoms with Gasteiger partial charge in [-0.15, -0.1) is 0 Å². The van der Waals surface area contributed by atoms with Gasteiger partial charge in [0.15, 0.2) is 0 Å². The Labute approximate surface area is 158 Å². The van der Waals surface area contributed by atoms with Gasteiger partial charge in [-0.2, -0.15) is 0 Å². The lowest BCUT2D eigenvalue weighted by Crippen LogP contribution is -2.10. The lowest BCUT2D eigenvalue weighted by atomic mass is 10.1. The predicted octanol–water partition coefficient (Wildman–Crippen LogP) is 3.51. The maximum absolute atomic E-state index is 11.7. The third-order valence-electron chi connectivity index (χ3n) is 3.47. The lowest BCUT2D eigenvalue weighted by molar-refractivity contribution is -0.138. The highest BCUT2D eigenvalue weighted by Gasteiger charge is 2.04. The summed E-state index contributed by atoms with van der Waals surface area (Å²) in [5.74, 6) is 0.580. The van der Waals surface area contributed by atoms with Crippen LogP contribution in [0.25, 0.3) is 6.08 Å². The van der Waals surface area contributed by atoms with Gasteiger partial charge in [0.05, 0.1) is 19.3 Å². The van der Waals surface area contributed by atoms with Gasteiger partial charge in [0.25, 0.3) is 0 Å². The van der Waals surface area contributed by atoms with Crippen LogP contribution in [0.1, 0.15) is 22.8 Å². The van der Waals surface area contributed by atoms with Crippen molar-refractivity contribution in [3.63, 3.8) is 0 Å². The molecule has 6 nitrogen and oxygen atoms in total. The topological polar surface area (TPSA) is 71.1 Å². The molecule has 2 rings (SSSR count). The van der Waals surface area contributed by atoms with Crippen molar-refractivity contribution in [1.29, 1.82) is 0 Å².